The Hall–Kier alpha value is -0.240. The van der Waals surface area contributed by atoms with Gasteiger partial charge in [0.2, 0.25) is 0 Å². The Bertz CT molecular complexity index is 130. The third kappa shape index (κ3) is 26.3. The number of ether oxygens (including phenoxy) is 6. The molecule has 0 aromatic heterocycles. The average Bonchev–Trinajstić information content (AvgIpc) is 2.48. The lowest BCUT2D eigenvalue weighted by Gasteiger charge is -2.05. The zero-order chi connectivity index (χ0) is 15.3. The minimum Gasteiger partial charge on any atom is -0.382 e. The van der Waals surface area contributed by atoms with Crippen molar-refractivity contribution in [1.82, 2.24) is 0 Å². The predicted molar refractivity (Wildman–Crippen MR) is 78.4 cm³/mol. The van der Waals surface area contributed by atoms with Crippen molar-refractivity contribution in [2.24, 2.45) is 0 Å². The van der Waals surface area contributed by atoms with Crippen LogP contribution in [0, 0.1) is 0 Å². The van der Waals surface area contributed by atoms with Gasteiger partial charge in [0, 0.05) is 27.4 Å². The van der Waals surface area contributed by atoms with Crippen LogP contribution in [0.3, 0.4) is 0 Å². The molecule has 6 nitrogen and oxygen atoms in total. The first-order chi connectivity index (χ1) is 9.83. The topological polar surface area (TPSA) is 55.4 Å². The van der Waals surface area contributed by atoms with Crippen LogP contribution in [0.5, 0.6) is 0 Å². The maximum Gasteiger partial charge on any atom is 0.0701 e. The van der Waals surface area contributed by atoms with Crippen molar-refractivity contribution in [3.05, 3.63) is 0 Å². The summed E-state index contributed by atoms with van der Waals surface area (Å²) in [6, 6.07) is 0. The SMILES string of the molecule is CCOCCOCCOCCOCC.COCCOC. The lowest BCUT2D eigenvalue weighted by atomic mass is 10.7. The molecule has 0 N–H and O–H groups in total. The Balaban J connectivity index is 0. The molecular formula is C14H32O6. The zero-order valence-corrected chi connectivity index (χ0v) is 13.5. The second kappa shape index (κ2) is 23.8. The van der Waals surface area contributed by atoms with E-state index in [2.05, 4.69) is 9.47 Å². The number of methoxy groups -OCH3 is 2. The zero-order valence-electron chi connectivity index (χ0n) is 13.5. The van der Waals surface area contributed by atoms with Crippen molar-refractivity contribution in [3.63, 3.8) is 0 Å². The summed E-state index contributed by atoms with van der Waals surface area (Å²) in [4.78, 5) is 0. The van der Waals surface area contributed by atoms with E-state index in [0.29, 0.717) is 52.9 Å². The third-order valence-electron chi connectivity index (χ3n) is 2.02. The Kier molecular flexibility index (Phi) is 26.3. The van der Waals surface area contributed by atoms with Crippen molar-refractivity contribution < 1.29 is 28.4 Å². The van der Waals surface area contributed by atoms with Gasteiger partial charge in [0.25, 0.3) is 0 Å². The molecule has 20 heavy (non-hydrogen) atoms. The van der Waals surface area contributed by atoms with Crippen LogP contribution in [-0.4, -0.2) is 80.3 Å². The Morgan fingerprint density at radius 2 is 0.750 bits per heavy atom. The van der Waals surface area contributed by atoms with E-state index < -0.39 is 0 Å². The molecule has 124 valence electrons. The molecule has 0 fully saturated rings. The summed E-state index contributed by atoms with van der Waals surface area (Å²) in [5.74, 6) is 0. The predicted octanol–water partition coefficient (Wildman–Crippen LogP) is 1.37. The molecule has 0 heterocycles. The highest BCUT2D eigenvalue weighted by molar-refractivity contribution is 4.33. The van der Waals surface area contributed by atoms with Crippen molar-refractivity contribution in [1.29, 1.82) is 0 Å². The molecule has 0 aromatic rings. The van der Waals surface area contributed by atoms with Crippen molar-refractivity contribution in [2.45, 2.75) is 13.8 Å². The Labute approximate surface area is 123 Å². The van der Waals surface area contributed by atoms with E-state index in [1.165, 1.54) is 0 Å². The summed E-state index contributed by atoms with van der Waals surface area (Å²) in [6.45, 7) is 10.7. The molecular weight excluding hydrogens is 264 g/mol. The average molecular weight is 296 g/mol. The van der Waals surface area contributed by atoms with Crippen LogP contribution in [0.4, 0.5) is 0 Å². The van der Waals surface area contributed by atoms with Gasteiger partial charge in [-0.15, -0.1) is 0 Å². The van der Waals surface area contributed by atoms with Gasteiger partial charge in [-0.05, 0) is 13.8 Å². The largest absolute Gasteiger partial charge is 0.382 e. The molecule has 0 spiro atoms. The standard InChI is InChI=1S/C10H22O4.C4H10O2/c1-3-11-5-7-13-9-10-14-8-6-12-4-2;1-5-3-4-6-2/h3-10H2,1-2H3;3-4H2,1-2H3. The van der Waals surface area contributed by atoms with Crippen LogP contribution in [0.1, 0.15) is 13.8 Å². The monoisotopic (exact) mass is 296 g/mol. The maximum atomic E-state index is 5.25. The minimum atomic E-state index is 0.624. The first-order valence-corrected chi connectivity index (χ1v) is 7.12. The van der Waals surface area contributed by atoms with Crippen molar-refractivity contribution in [2.75, 3.05) is 80.3 Å². The van der Waals surface area contributed by atoms with Gasteiger partial charge in [0.15, 0.2) is 0 Å². The molecule has 0 unspecified atom stereocenters. The van der Waals surface area contributed by atoms with Gasteiger partial charge in [-0.3, -0.25) is 0 Å². The molecule has 0 radical (unpaired) electrons. The van der Waals surface area contributed by atoms with Gasteiger partial charge in [-0.1, -0.05) is 0 Å². The summed E-state index contributed by atoms with van der Waals surface area (Å²) >= 11 is 0. The first kappa shape index (κ1) is 22.0. The highest BCUT2D eigenvalue weighted by Crippen LogP contribution is 1.81. The second-order valence-electron chi connectivity index (χ2n) is 3.60. The highest BCUT2D eigenvalue weighted by Gasteiger charge is 1.90. The molecule has 0 aromatic carbocycles. The molecule has 0 aliphatic rings. The van der Waals surface area contributed by atoms with E-state index >= 15 is 0 Å². The van der Waals surface area contributed by atoms with Crippen LogP contribution in [0.2, 0.25) is 0 Å². The quantitative estimate of drug-likeness (QED) is 0.451. The molecule has 0 aliphatic carbocycles. The fourth-order valence-corrected chi connectivity index (χ4v) is 1.01. The summed E-state index contributed by atoms with van der Waals surface area (Å²) in [5.41, 5.74) is 0. The molecule has 0 aliphatic heterocycles. The fraction of sp³-hybridized carbons (Fsp3) is 1.00. The number of hydrogen-bond acceptors (Lipinski definition) is 6. The van der Waals surface area contributed by atoms with E-state index in [1.54, 1.807) is 14.2 Å². The van der Waals surface area contributed by atoms with Crippen LogP contribution >= 0.6 is 0 Å². The van der Waals surface area contributed by atoms with E-state index in [0.717, 1.165) is 13.2 Å². The van der Waals surface area contributed by atoms with Crippen LogP contribution < -0.4 is 0 Å². The Morgan fingerprint density at radius 1 is 0.450 bits per heavy atom. The second-order valence-corrected chi connectivity index (χ2v) is 3.60. The van der Waals surface area contributed by atoms with Crippen molar-refractivity contribution >= 4 is 0 Å². The summed E-state index contributed by atoms with van der Waals surface area (Å²) in [5, 5.41) is 0. The Morgan fingerprint density at radius 3 is 1.00 bits per heavy atom. The van der Waals surface area contributed by atoms with Gasteiger partial charge in [-0.2, -0.15) is 0 Å². The maximum absolute atomic E-state index is 5.25. The van der Waals surface area contributed by atoms with Gasteiger partial charge < -0.3 is 28.4 Å². The molecule has 6 heteroatoms. The summed E-state index contributed by atoms with van der Waals surface area (Å²) < 4.78 is 30.0. The molecule has 0 rings (SSSR count). The highest BCUT2D eigenvalue weighted by atomic mass is 16.6. The number of rotatable bonds is 14. The minimum absolute atomic E-state index is 0.624. The van der Waals surface area contributed by atoms with Crippen LogP contribution in [0.25, 0.3) is 0 Å². The summed E-state index contributed by atoms with van der Waals surface area (Å²) in [6.07, 6.45) is 0. The van der Waals surface area contributed by atoms with E-state index in [4.69, 9.17) is 18.9 Å². The third-order valence-corrected chi connectivity index (χ3v) is 2.02. The van der Waals surface area contributed by atoms with Crippen LogP contribution in [0.15, 0.2) is 0 Å². The van der Waals surface area contributed by atoms with Gasteiger partial charge >= 0.3 is 0 Å². The lowest BCUT2D eigenvalue weighted by Crippen LogP contribution is -2.11. The van der Waals surface area contributed by atoms with Gasteiger partial charge in [-0.25, -0.2) is 0 Å². The fourth-order valence-electron chi connectivity index (χ4n) is 1.01. The lowest BCUT2D eigenvalue weighted by molar-refractivity contribution is 0.000930. The van der Waals surface area contributed by atoms with E-state index in [1.807, 2.05) is 13.8 Å². The molecule has 0 amide bonds. The van der Waals surface area contributed by atoms with Gasteiger partial charge in [0.1, 0.15) is 0 Å². The molecule has 0 saturated heterocycles. The molecule has 0 atom stereocenters. The summed E-state index contributed by atoms with van der Waals surface area (Å²) in [7, 11) is 3.30. The van der Waals surface area contributed by atoms with E-state index in [9.17, 15) is 0 Å². The number of hydrogen-bond donors (Lipinski definition) is 0. The van der Waals surface area contributed by atoms with E-state index in [-0.39, 0.29) is 0 Å². The van der Waals surface area contributed by atoms with Crippen LogP contribution in [-0.2, 0) is 28.4 Å². The molecule has 0 saturated carbocycles. The molecule has 0 bridgehead atoms. The first-order valence-electron chi connectivity index (χ1n) is 7.12. The normalized spacial score (nSPS) is 10.2. The van der Waals surface area contributed by atoms with Gasteiger partial charge in [0.05, 0.1) is 52.9 Å². The van der Waals surface area contributed by atoms with Crippen molar-refractivity contribution in [3.8, 4) is 0 Å². The smallest absolute Gasteiger partial charge is 0.0701 e.